The number of nitrogens with one attached hydrogen (secondary N) is 2. The smallest absolute Gasteiger partial charge is 0.243 e. The van der Waals surface area contributed by atoms with Gasteiger partial charge >= 0.3 is 0 Å². The van der Waals surface area contributed by atoms with Crippen molar-refractivity contribution in [2.75, 3.05) is 11.9 Å². The maximum atomic E-state index is 12.1. The molecule has 18 heavy (non-hydrogen) atoms. The van der Waals surface area contributed by atoms with E-state index in [9.17, 15) is 4.79 Å². The molecule has 3 N–H and O–H groups in total. The highest BCUT2D eigenvalue weighted by molar-refractivity contribution is 5.87. The van der Waals surface area contributed by atoms with E-state index in [2.05, 4.69) is 10.6 Å². The molecule has 1 unspecified atom stereocenters. The van der Waals surface area contributed by atoms with Gasteiger partial charge < -0.3 is 15.7 Å². The van der Waals surface area contributed by atoms with E-state index in [-0.39, 0.29) is 24.1 Å². The third-order valence-electron chi connectivity index (χ3n) is 3.29. The Labute approximate surface area is 107 Å². The van der Waals surface area contributed by atoms with E-state index in [1.54, 1.807) is 0 Å². The maximum absolute atomic E-state index is 12.1. The normalized spacial score (nSPS) is 18.1. The minimum absolute atomic E-state index is 0.00958. The Bertz CT molecular complexity index is 418. The molecule has 1 heterocycles. The highest BCUT2D eigenvalue weighted by atomic mass is 16.3. The lowest BCUT2D eigenvalue weighted by Crippen LogP contribution is -2.49. The number of benzene rings is 1. The monoisotopic (exact) mass is 248 g/mol. The molecule has 4 heteroatoms. The molecule has 0 spiro atoms. The molecule has 0 bridgehead atoms. The second kappa shape index (κ2) is 4.98. The molecule has 0 aromatic heterocycles. The van der Waals surface area contributed by atoms with Crippen molar-refractivity contribution in [1.82, 2.24) is 5.32 Å². The quantitative estimate of drug-likeness (QED) is 0.752. The molecular formula is C14H20N2O2. The van der Waals surface area contributed by atoms with Gasteiger partial charge in [0.25, 0.3) is 0 Å². The van der Waals surface area contributed by atoms with Gasteiger partial charge in [0.15, 0.2) is 0 Å². The molecule has 1 aliphatic rings. The first-order valence-corrected chi connectivity index (χ1v) is 6.29. The predicted molar refractivity (Wildman–Crippen MR) is 71.5 cm³/mol. The molecule has 0 saturated carbocycles. The van der Waals surface area contributed by atoms with Gasteiger partial charge in [0, 0.05) is 24.3 Å². The zero-order valence-electron chi connectivity index (χ0n) is 10.9. The highest BCUT2D eigenvalue weighted by Gasteiger charge is 2.29. The van der Waals surface area contributed by atoms with E-state index in [4.69, 9.17) is 5.11 Å². The Hall–Kier alpha value is -1.55. The summed E-state index contributed by atoms with van der Waals surface area (Å²) in [6, 6.07) is 7.76. The SMILES string of the molecule is CC(C)(CCO)NC(=O)C1Cc2ccccc2N1. The molecule has 98 valence electrons. The van der Waals surface area contributed by atoms with Crippen molar-refractivity contribution in [3.63, 3.8) is 0 Å². The van der Waals surface area contributed by atoms with E-state index in [1.807, 2.05) is 38.1 Å². The molecule has 0 radical (unpaired) electrons. The van der Waals surface area contributed by atoms with Crippen molar-refractivity contribution < 1.29 is 9.90 Å². The van der Waals surface area contributed by atoms with E-state index < -0.39 is 0 Å². The van der Waals surface area contributed by atoms with Gasteiger partial charge in [-0.3, -0.25) is 4.79 Å². The third kappa shape index (κ3) is 2.82. The minimum atomic E-state index is -0.373. The van der Waals surface area contributed by atoms with Gasteiger partial charge in [-0.25, -0.2) is 0 Å². The molecule has 1 aromatic rings. The Morgan fingerprint density at radius 1 is 1.50 bits per heavy atom. The topological polar surface area (TPSA) is 61.4 Å². The van der Waals surface area contributed by atoms with Crippen LogP contribution in [0.25, 0.3) is 0 Å². The number of hydrogen-bond donors (Lipinski definition) is 3. The van der Waals surface area contributed by atoms with Crippen LogP contribution in [0.5, 0.6) is 0 Å². The number of aliphatic hydroxyl groups is 1. The Kier molecular flexibility index (Phi) is 3.57. The van der Waals surface area contributed by atoms with Crippen molar-refractivity contribution >= 4 is 11.6 Å². The molecule has 0 saturated heterocycles. The fourth-order valence-corrected chi connectivity index (χ4v) is 2.22. The van der Waals surface area contributed by atoms with Gasteiger partial charge in [0.05, 0.1) is 0 Å². The lowest BCUT2D eigenvalue weighted by atomic mass is 10.00. The largest absolute Gasteiger partial charge is 0.396 e. The summed E-state index contributed by atoms with van der Waals surface area (Å²) in [7, 11) is 0. The van der Waals surface area contributed by atoms with E-state index in [0.717, 1.165) is 12.1 Å². The molecule has 4 nitrogen and oxygen atoms in total. The Balaban J connectivity index is 1.97. The second-order valence-corrected chi connectivity index (χ2v) is 5.40. The Morgan fingerprint density at radius 3 is 2.89 bits per heavy atom. The van der Waals surface area contributed by atoms with Crippen molar-refractivity contribution in [1.29, 1.82) is 0 Å². The lowest BCUT2D eigenvalue weighted by molar-refractivity contribution is -0.123. The Morgan fingerprint density at radius 2 is 2.22 bits per heavy atom. The minimum Gasteiger partial charge on any atom is -0.396 e. The number of anilines is 1. The van der Waals surface area contributed by atoms with E-state index in [1.165, 1.54) is 5.56 Å². The number of carbonyl (C=O) groups excluding carboxylic acids is 1. The van der Waals surface area contributed by atoms with Gasteiger partial charge in [-0.05, 0) is 31.9 Å². The summed E-state index contributed by atoms with van der Waals surface area (Å²) in [6.45, 7) is 3.91. The van der Waals surface area contributed by atoms with Gasteiger partial charge in [0.2, 0.25) is 5.91 Å². The van der Waals surface area contributed by atoms with Gasteiger partial charge in [-0.2, -0.15) is 0 Å². The van der Waals surface area contributed by atoms with E-state index in [0.29, 0.717) is 6.42 Å². The van der Waals surface area contributed by atoms with Crippen LogP contribution < -0.4 is 10.6 Å². The number of amides is 1. The molecule has 1 amide bonds. The zero-order valence-corrected chi connectivity index (χ0v) is 10.9. The molecular weight excluding hydrogens is 228 g/mol. The highest BCUT2D eigenvalue weighted by Crippen LogP contribution is 2.25. The summed E-state index contributed by atoms with van der Waals surface area (Å²) in [5.41, 5.74) is 1.85. The second-order valence-electron chi connectivity index (χ2n) is 5.40. The fourth-order valence-electron chi connectivity index (χ4n) is 2.22. The molecule has 0 fully saturated rings. The van der Waals surface area contributed by atoms with Crippen LogP contribution in [0.1, 0.15) is 25.8 Å². The molecule has 2 rings (SSSR count). The van der Waals surface area contributed by atoms with Crippen LogP contribution in [0, 0.1) is 0 Å². The third-order valence-corrected chi connectivity index (χ3v) is 3.29. The van der Waals surface area contributed by atoms with Crippen molar-refractivity contribution in [3.8, 4) is 0 Å². The summed E-state index contributed by atoms with van der Waals surface area (Å²) in [5, 5.41) is 15.2. The van der Waals surface area contributed by atoms with Crippen LogP contribution in [0.15, 0.2) is 24.3 Å². The summed E-state index contributed by atoms with van der Waals surface area (Å²) in [6.07, 6.45) is 1.27. The van der Waals surface area contributed by atoms with Crippen LogP contribution in [-0.4, -0.2) is 29.2 Å². The molecule has 1 aromatic carbocycles. The molecule has 0 aliphatic carbocycles. The number of aliphatic hydroxyl groups excluding tert-OH is 1. The number of rotatable bonds is 4. The van der Waals surface area contributed by atoms with Crippen molar-refractivity contribution in [2.45, 2.75) is 38.3 Å². The van der Waals surface area contributed by atoms with Crippen molar-refractivity contribution in [3.05, 3.63) is 29.8 Å². The number of fused-ring (bicyclic) bond motifs is 1. The standard InChI is InChI=1S/C14H20N2O2/c1-14(2,7-8-17)16-13(18)12-9-10-5-3-4-6-11(10)15-12/h3-6,12,15,17H,7-9H2,1-2H3,(H,16,18). The van der Waals surface area contributed by atoms with Crippen LogP contribution in [-0.2, 0) is 11.2 Å². The summed E-state index contributed by atoms with van der Waals surface area (Å²) >= 11 is 0. The van der Waals surface area contributed by atoms with Crippen LogP contribution in [0.3, 0.4) is 0 Å². The maximum Gasteiger partial charge on any atom is 0.243 e. The lowest BCUT2D eigenvalue weighted by Gasteiger charge is -2.27. The predicted octanol–water partition coefficient (Wildman–Crippen LogP) is 1.30. The average Bonchev–Trinajstić information content (AvgIpc) is 2.71. The fraction of sp³-hybridized carbons (Fsp3) is 0.500. The molecule has 1 atom stereocenters. The summed E-state index contributed by atoms with van der Waals surface area (Å²) in [4.78, 5) is 12.1. The van der Waals surface area contributed by atoms with Crippen LogP contribution >= 0.6 is 0 Å². The number of carbonyl (C=O) groups is 1. The van der Waals surface area contributed by atoms with Crippen LogP contribution in [0.2, 0.25) is 0 Å². The van der Waals surface area contributed by atoms with Gasteiger partial charge in [-0.15, -0.1) is 0 Å². The first-order valence-electron chi connectivity index (χ1n) is 6.29. The first kappa shape index (κ1) is 12.9. The summed E-state index contributed by atoms with van der Waals surface area (Å²) in [5.74, 6) is -0.00958. The number of hydrogen-bond acceptors (Lipinski definition) is 3. The molecule has 1 aliphatic heterocycles. The van der Waals surface area contributed by atoms with Crippen LogP contribution in [0.4, 0.5) is 5.69 Å². The average molecular weight is 248 g/mol. The summed E-state index contributed by atoms with van der Waals surface area (Å²) < 4.78 is 0. The van der Waals surface area contributed by atoms with Gasteiger partial charge in [0.1, 0.15) is 6.04 Å². The van der Waals surface area contributed by atoms with Crippen molar-refractivity contribution in [2.24, 2.45) is 0 Å². The zero-order chi connectivity index (χ0) is 13.2. The van der Waals surface area contributed by atoms with E-state index >= 15 is 0 Å². The number of para-hydroxylation sites is 1. The van der Waals surface area contributed by atoms with Gasteiger partial charge in [-0.1, -0.05) is 18.2 Å². The first-order chi connectivity index (χ1) is 8.52.